The number of hydrogen-bond donors (Lipinski definition) is 3. The number of primary amides is 1. The Morgan fingerprint density at radius 2 is 2.07 bits per heavy atom. The Morgan fingerprint density at radius 1 is 1.64 bits per heavy atom. The maximum Gasteiger partial charge on any atom is 0.320 e. The van der Waals surface area contributed by atoms with Gasteiger partial charge >= 0.3 is 5.97 Å². The molecule has 0 rings (SSSR count). The number of thioether (sulfide) groups is 1. The molecule has 0 spiro atoms. The highest BCUT2D eigenvalue weighted by Gasteiger charge is 2.08. The Bertz CT molecular complexity index is 197. The van der Waals surface area contributed by atoms with Crippen molar-refractivity contribution in [3.05, 3.63) is 12.7 Å². The van der Waals surface area contributed by atoms with E-state index in [0.29, 0.717) is 6.42 Å². The molecule has 0 aliphatic carbocycles. The summed E-state index contributed by atoms with van der Waals surface area (Å²) in [5.41, 5.74) is 9.72. The zero-order valence-corrected chi connectivity index (χ0v) is 8.92. The first kappa shape index (κ1) is 15.5. The molecule has 14 heavy (non-hydrogen) atoms. The molecule has 0 heterocycles. The Labute approximate surface area is 87.5 Å². The average Bonchev–Trinajstić information content (AvgIpc) is 2.14. The van der Waals surface area contributed by atoms with E-state index >= 15 is 0 Å². The van der Waals surface area contributed by atoms with Gasteiger partial charge in [0.05, 0.1) is 0 Å². The molecule has 0 aromatic rings. The molecule has 0 aromatic carbocycles. The Balaban J connectivity index is 0. The van der Waals surface area contributed by atoms with Crippen molar-refractivity contribution in [2.75, 3.05) is 12.0 Å². The zero-order valence-electron chi connectivity index (χ0n) is 8.10. The summed E-state index contributed by atoms with van der Waals surface area (Å²) in [5.74, 6) is -0.581. The molecule has 0 saturated heterocycles. The van der Waals surface area contributed by atoms with E-state index in [-0.39, 0.29) is 0 Å². The summed E-state index contributed by atoms with van der Waals surface area (Å²) in [5, 5.41) is 8.27. The van der Waals surface area contributed by atoms with Crippen LogP contribution in [0.3, 0.4) is 0 Å². The van der Waals surface area contributed by atoms with Gasteiger partial charge in [-0.15, -0.1) is 0 Å². The normalized spacial score (nSPS) is 10.7. The SMILES string of the molecule is C=CC(N)=O.CSCC[C@H](N)C(=O)O. The molecule has 0 aliphatic rings. The monoisotopic (exact) mass is 220 g/mol. The smallest absolute Gasteiger partial charge is 0.320 e. The van der Waals surface area contributed by atoms with E-state index < -0.39 is 17.9 Å². The van der Waals surface area contributed by atoms with Crippen molar-refractivity contribution in [2.24, 2.45) is 11.5 Å². The van der Waals surface area contributed by atoms with E-state index in [2.05, 4.69) is 12.3 Å². The first-order valence-electron chi connectivity index (χ1n) is 3.84. The lowest BCUT2D eigenvalue weighted by atomic mass is 10.2. The largest absolute Gasteiger partial charge is 0.480 e. The zero-order chi connectivity index (χ0) is 11.6. The highest BCUT2D eigenvalue weighted by atomic mass is 32.2. The van der Waals surface area contributed by atoms with E-state index in [1.54, 1.807) is 11.8 Å². The molecule has 82 valence electrons. The van der Waals surface area contributed by atoms with Gasteiger partial charge in [0.15, 0.2) is 0 Å². The van der Waals surface area contributed by atoms with E-state index in [1.165, 1.54) is 0 Å². The fourth-order valence-electron chi connectivity index (χ4n) is 0.368. The van der Waals surface area contributed by atoms with Crippen LogP contribution < -0.4 is 11.5 Å². The summed E-state index contributed by atoms with van der Waals surface area (Å²) in [6.45, 7) is 3.09. The third-order valence-electron chi connectivity index (χ3n) is 1.15. The molecule has 0 aromatic heterocycles. The Hall–Kier alpha value is -1.01. The minimum atomic E-state index is -0.913. The maximum absolute atomic E-state index is 10.1. The van der Waals surface area contributed by atoms with Crippen LogP contribution in [0.25, 0.3) is 0 Å². The van der Waals surface area contributed by atoms with Gasteiger partial charge in [-0.05, 0) is 24.5 Å². The number of rotatable bonds is 5. The number of aliphatic carboxylic acids is 1. The minimum Gasteiger partial charge on any atom is -0.480 e. The molecule has 5 N–H and O–H groups in total. The van der Waals surface area contributed by atoms with E-state index in [1.807, 2.05) is 6.26 Å². The van der Waals surface area contributed by atoms with E-state index in [0.717, 1.165) is 11.8 Å². The Morgan fingerprint density at radius 3 is 2.29 bits per heavy atom. The fraction of sp³-hybridized carbons (Fsp3) is 0.500. The minimum absolute atomic E-state index is 0.481. The second kappa shape index (κ2) is 10.1. The van der Waals surface area contributed by atoms with Gasteiger partial charge in [0.25, 0.3) is 0 Å². The number of carboxylic acid groups (broad SMARTS) is 1. The second-order valence-electron chi connectivity index (χ2n) is 2.33. The van der Waals surface area contributed by atoms with Gasteiger partial charge < -0.3 is 16.6 Å². The van der Waals surface area contributed by atoms with Gasteiger partial charge in [0.2, 0.25) is 5.91 Å². The highest BCUT2D eigenvalue weighted by molar-refractivity contribution is 7.98. The summed E-state index contributed by atoms with van der Waals surface area (Å²) in [6.07, 6.45) is 3.53. The standard InChI is InChI=1S/C5H11NO2S.C3H5NO/c1-9-3-2-4(6)5(7)8;1-2-3(4)5/h4H,2-3,6H2,1H3,(H,7,8);2H,1H2,(H2,4,5)/t4-;/m0./s1. The molecular weight excluding hydrogens is 204 g/mol. The number of amides is 1. The molecule has 0 unspecified atom stereocenters. The fourth-order valence-corrected chi connectivity index (χ4v) is 0.858. The molecule has 0 radical (unpaired) electrons. The highest BCUT2D eigenvalue weighted by Crippen LogP contribution is 1.97. The van der Waals surface area contributed by atoms with Crippen LogP contribution in [0.4, 0.5) is 0 Å². The topological polar surface area (TPSA) is 106 Å². The van der Waals surface area contributed by atoms with Crippen molar-refractivity contribution in [2.45, 2.75) is 12.5 Å². The number of carboxylic acids is 1. The Kier molecular flexibility index (Phi) is 11.1. The van der Waals surface area contributed by atoms with E-state index in [9.17, 15) is 9.59 Å². The number of carbonyl (C=O) groups is 2. The van der Waals surface area contributed by atoms with Crippen molar-refractivity contribution in [3.63, 3.8) is 0 Å². The van der Waals surface area contributed by atoms with Crippen molar-refractivity contribution in [1.29, 1.82) is 0 Å². The van der Waals surface area contributed by atoms with Crippen molar-refractivity contribution in [1.82, 2.24) is 0 Å². The lowest BCUT2D eigenvalue weighted by Gasteiger charge is -2.02. The third kappa shape index (κ3) is 13.6. The van der Waals surface area contributed by atoms with Crippen LogP contribution in [0.2, 0.25) is 0 Å². The predicted molar refractivity (Wildman–Crippen MR) is 58.0 cm³/mol. The number of hydrogen-bond acceptors (Lipinski definition) is 4. The van der Waals surface area contributed by atoms with Crippen LogP contribution in [-0.4, -0.2) is 35.0 Å². The lowest BCUT2D eigenvalue weighted by Crippen LogP contribution is -2.30. The first-order chi connectivity index (χ1) is 6.45. The second-order valence-corrected chi connectivity index (χ2v) is 3.32. The molecule has 0 aliphatic heterocycles. The van der Waals surface area contributed by atoms with Crippen LogP contribution in [0.1, 0.15) is 6.42 Å². The van der Waals surface area contributed by atoms with Crippen molar-refractivity contribution >= 4 is 23.6 Å². The summed E-state index contributed by atoms with van der Waals surface area (Å²) < 4.78 is 0. The van der Waals surface area contributed by atoms with Crippen LogP contribution in [0.5, 0.6) is 0 Å². The molecule has 1 amide bonds. The van der Waals surface area contributed by atoms with Gasteiger partial charge in [0.1, 0.15) is 6.04 Å². The predicted octanol–water partition coefficient (Wildman–Crippen LogP) is -0.191. The maximum atomic E-state index is 10.1. The molecule has 0 saturated carbocycles. The average molecular weight is 220 g/mol. The molecule has 6 heteroatoms. The molecule has 0 bridgehead atoms. The van der Waals surface area contributed by atoms with E-state index in [4.69, 9.17) is 10.8 Å². The van der Waals surface area contributed by atoms with Crippen LogP contribution in [0.15, 0.2) is 12.7 Å². The molecular formula is C8H16N2O3S. The summed E-state index contributed by atoms with van der Waals surface area (Å²) in [4.78, 5) is 19.5. The molecule has 1 atom stereocenters. The summed E-state index contributed by atoms with van der Waals surface area (Å²) in [7, 11) is 0. The quantitative estimate of drug-likeness (QED) is 0.557. The molecule has 0 fully saturated rings. The van der Waals surface area contributed by atoms with Crippen LogP contribution in [-0.2, 0) is 9.59 Å². The summed E-state index contributed by atoms with van der Waals surface area (Å²) in [6, 6.07) is -0.683. The third-order valence-corrected chi connectivity index (χ3v) is 1.80. The van der Waals surface area contributed by atoms with Gasteiger partial charge in [0, 0.05) is 0 Å². The lowest BCUT2D eigenvalue weighted by molar-refractivity contribution is -0.138. The molecule has 5 nitrogen and oxygen atoms in total. The van der Waals surface area contributed by atoms with Crippen LogP contribution >= 0.6 is 11.8 Å². The van der Waals surface area contributed by atoms with Gasteiger partial charge in [-0.2, -0.15) is 11.8 Å². The van der Waals surface area contributed by atoms with Gasteiger partial charge in [-0.1, -0.05) is 6.58 Å². The van der Waals surface area contributed by atoms with Crippen molar-refractivity contribution in [3.8, 4) is 0 Å². The van der Waals surface area contributed by atoms with Gasteiger partial charge in [-0.3, -0.25) is 9.59 Å². The number of carbonyl (C=O) groups excluding carboxylic acids is 1. The van der Waals surface area contributed by atoms with Crippen molar-refractivity contribution < 1.29 is 14.7 Å². The van der Waals surface area contributed by atoms with Crippen LogP contribution in [0, 0.1) is 0 Å². The summed E-state index contributed by atoms with van der Waals surface area (Å²) >= 11 is 1.60. The number of nitrogens with two attached hydrogens (primary N) is 2. The van der Waals surface area contributed by atoms with Gasteiger partial charge in [-0.25, -0.2) is 0 Å². The first-order valence-corrected chi connectivity index (χ1v) is 5.24.